The van der Waals surface area contributed by atoms with Crippen molar-refractivity contribution in [1.29, 1.82) is 0 Å². The molecule has 1 atom stereocenters. The number of aryl methyl sites for hydroxylation is 1. The molecule has 2 N–H and O–H groups in total. The fraction of sp³-hybridized carbons (Fsp3) is 0.400. The SMILES string of the molecule is Cc1cnccc1NC1CNC(=O)C1. The standard InChI is InChI=1S/C10H13N3O/c1-7-5-11-3-2-9(7)13-8-4-10(14)12-6-8/h2-3,5,8H,4,6H2,1H3,(H,11,13)(H,12,14). The summed E-state index contributed by atoms with van der Waals surface area (Å²) in [4.78, 5) is 15.0. The number of carbonyl (C=O) groups is 1. The Bertz CT molecular complexity index is 351. The Morgan fingerprint density at radius 2 is 2.50 bits per heavy atom. The van der Waals surface area contributed by atoms with Gasteiger partial charge in [0.1, 0.15) is 0 Å². The highest BCUT2D eigenvalue weighted by atomic mass is 16.1. The number of carbonyl (C=O) groups excluding carboxylic acids is 1. The van der Waals surface area contributed by atoms with E-state index in [2.05, 4.69) is 15.6 Å². The Kier molecular flexibility index (Phi) is 2.35. The van der Waals surface area contributed by atoms with Gasteiger partial charge in [-0.05, 0) is 18.6 Å². The molecule has 14 heavy (non-hydrogen) atoms. The molecular formula is C10H13N3O. The van der Waals surface area contributed by atoms with Crippen LogP contribution < -0.4 is 10.6 Å². The molecule has 74 valence electrons. The molecule has 2 rings (SSSR count). The van der Waals surface area contributed by atoms with Crippen LogP contribution in [0, 0.1) is 6.92 Å². The summed E-state index contributed by atoms with van der Waals surface area (Å²) in [5.41, 5.74) is 2.16. The van der Waals surface area contributed by atoms with Crippen molar-refractivity contribution in [2.24, 2.45) is 0 Å². The molecule has 0 bridgehead atoms. The van der Waals surface area contributed by atoms with Gasteiger partial charge in [-0.15, -0.1) is 0 Å². The quantitative estimate of drug-likeness (QED) is 0.723. The molecule has 4 nitrogen and oxygen atoms in total. The average molecular weight is 191 g/mol. The zero-order valence-electron chi connectivity index (χ0n) is 8.08. The third kappa shape index (κ3) is 1.84. The predicted octanol–water partition coefficient (Wildman–Crippen LogP) is 0.690. The maximum absolute atomic E-state index is 11.0. The zero-order chi connectivity index (χ0) is 9.97. The lowest BCUT2D eigenvalue weighted by atomic mass is 10.2. The van der Waals surface area contributed by atoms with Crippen molar-refractivity contribution in [3.05, 3.63) is 24.0 Å². The number of hydrogen-bond acceptors (Lipinski definition) is 3. The lowest BCUT2D eigenvalue weighted by molar-refractivity contribution is -0.119. The Morgan fingerprint density at radius 1 is 1.64 bits per heavy atom. The van der Waals surface area contributed by atoms with Crippen LogP contribution in [0.1, 0.15) is 12.0 Å². The van der Waals surface area contributed by atoms with Crippen LogP contribution >= 0.6 is 0 Å². The van der Waals surface area contributed by atoms with E-state index in [-0.39, 0.29) is 11.9 Å². The number of pyridine rings is 1. The van der Waals surface area contributed by atoms with Gasteiger partial charge in [-0.3, -0.25) is 9.78 Å². The predicted molar refractivity (Wildman–Crippen MR) is 54.0 cm³/mol. The molecular weight excluding hydrogens is 178 g/mol. The van der Waals surface area contributed by atoms with E-state index in [0.717, 1.165) is 11.3 Å². The van der Waals surface area contributed by atoms with Crippen molar-refractivity contribution >= 4 is 11.6 Å². The summed E-state index contributed by atoms with van der Waals surface area (Å²) in [5, 5.41) is 6.11. The van der Waals surface area contributed by atoms with Crippen molar-refractivity contribution in [1.82, 2.24) is 10.3 Å². The van der Waals surface area contributed by atoms with E-state index in [1.54, 1.807) is 6.20 Å². The first kappa shape index (κ1) is 8.99. The molecule has 1 aromatic heterocycles. The van der Waals surface area contributed by atoms with Gasteiger partial charge in [0.2, 0.25) is 5.91 Å². The minimum atomic E-state index is 0.120. The first-order chi connectivity index (χ1) is 6.75. The van der Waals surface area contributed by atoms with Crippen LogP contribution in [0.15, 0.2) is 18.5 Å². The molecule has 4 heteroatoms. The normalized spacial score (nSPS) is 20.6. The van der Waals surface area contributed by atoms with E-state index < -0.39 is 0 Å². The van der Waals surface area contributed by atoms with Gasteiger partial charge >= 0.3 is 0 Å². The number of nitrogens with one attached hydrogen (secondary N) is 2. The van der Waals surface area contributed by atoms with Gasteiger partial charge < -0.3 is 10.6 Å². The largest absolute Gasteiger partial charge is 0.380 e. The van der Waals surface area contributed by atoms with Crippen LogP contribution in [0.25, 0.3) is 0 Å². The molecule has 1 saturated heterocycles. The van der Waals surface area contributed by atoms with Gasteiger partial charge in [0.05, 0.1) is 6.04 Å². The zero-order valence-corrected chi connectivity index (χ0v) is 8.08. The van der Waals surface area contributed by atoms with Gasteiger partial charge in [-0.1, -0.05) is 0 Å². The second-order valence-corrected chi connectivity index (χ2v) is 3.54. The fourth-order valence-electron chi connectivity index (χ4n) is 1.56. The van der Waals surface area contributed by atoms with Crippen molar-refractivity contribution in [2.75, 3.05) is 11.9 Å². The summed E-state index contributed by atoms with van der Waals surface area (Å²) in [6.07, 6.45) is 4.12. The summed E-state index contributed by atoms with van der Waals surface area (Å²) >= 11 is 0. The van der Waals surface area contributed by atoms with E-state index in [4.69, 9.17) is 0 Å². The monoisotopic (exact) mass is 191 g/mol. The Hall–Kier alpha value is -1.58. The molecule has 2 heterocycles. The van der Waals surface area contributed by atoms with E-state index in [9.17, 15) is 4.79 Å². The summed E-state index contributed by atoms with van der Waals surface area (Å²) in [5.74, 6) is 0.120. The minimum Gasteiger partial charge on any atom is -0.380 e. The Morgan fingerprint density at radius 3 is 3.14 bits per heavy atom. The first-order valence-electron chi connectivity index (χ1n) is 4.69. The topological polar surface area (TPSA) is 54.0 Å². The first-order valence-corrected chi connectivity index (χ1v) is 4.69. The van der Waals surface area contributed by atoms with Crippen molar-refractivity contribution in [3.63, 3.8) is 0 Å². The molecule has 1 aliphatic rings. The van der Waals surface area contributed by atoms with Crippen LogP contribution in [0.3, 0.4) is 0 Å². The Balaban J connectivity index is 2.04. The summed E-state index contributed by atoms with van der Waals surface area (Å²) in [6, 6.07) is 2.14. The van der Waals surface area contributed by atoms with Crippen LogP contribution in [0.5, 0.6) is 0 Å². The number of nitrogens with zero attached hydrogens (tertiary/aromatic N) is 1. The maximum Gasteiger partial charge on any atom is 0.222 e. The van der Waals surface area contributed by atoms with Gasteiger partial charge in [-0.2, -0.15) is 0 Å². The number of hydrogen-bond donors (Lipinski definition) is 2. The molecule has 1 fully saturated rings. The van der Waals surface area contributed by atoms with Crippen LogP contribution in [-0.4, -0.2) is 23.5 Å². The van der Waals surface area contributed by atoms with Gasteiger partial charge in [0, 0.05) is 31.0 Å². The highest BCUT2D eigenvalue weighted by Gasteiger charge is 2.21. The maximum atomic E-state index is 11.0. The average Bonchev–Trinajstić information content (AvgIpc) is 2.56. The van der Waals surface area contributed by atoms with Crippen molar-refractivity contribution in [3.8, 4) is 0 Å². The Labute approximate surface area is 82.7 Å². The second-order valence-electron chi connectivity index (χ2n) is 3.54. The van der Waals surface area contributed by atoms with E-state index in [1.165, 1.54) is 0 Å². The van der Waals surface area contributed by atoms with Crippen LogP contribution in [-0.2, 0) is 4.79 Å². The summed E-state index contributed by atoms with van der Waals surface area (Å²) in [7, 11) is 0. The molecule has 1 amide bonds. The van der Waals surface area contributed by atoms with Gasteiger partial charge in [-0.25, -0.2) is 0 Å². The highest BCUT2D eigenvalue weighted by Crippen LogP contribution is 2.15. The molecule has 0 aliphatic carbocycles. The number of anilines is 1. The van der Waals surface area contributed by atoms with Gasteiger partial charge in [0.25, 0.3) is 0 Å². The van der Waals surface area contributed by atoms with Crippen LogP contribution in [0.2, 0.25) is 0 Å². The third-order valence-electron chi connectivity index (χ3n) is 2.36. The van der Waals surface area contributed by atoms with E-state index in [1.807, 2.05) is 19.2 Å². The fourth-order valence-corrected chi connectivity index (χ4v) is 1.56. The lowest BCUT2D eigenvalue weighted by Crippen LogP contribution is -2.22. The molecule has 0 aromatic carbocycles. The van der Waals surface area contributed by atoms with E-state index in [0.29, 0.717) is 13.0 Å². The minimum absolute atomic E-state index is 0.120. The molecule has 1 aromatic rings. The number of amides is 1. The third-order valence-corrected chi connectivity index (χ3v) is 2.36. The van der Waals surface area contributed by atoms with Crippen molar-refractivity contribution < 1.29 is 4.79 Å². The summed E-state index contributed by atoms with van der Waals surface area (Å²) in [6.45, 7) is 2.71. The number of aromatic nitrogens is 1. The molecule has 0 radical (unpaired) electrons. The molecule has 0 spiro atoms. The van der Waals surface area contributed by atoms with Crippen LogP contribution in [0.4, 0.5) is 5.69 Å². The van der Waals surface area contributed by atoms with Crippen molar-refractivity contribution in [2.45, 2.75) is 19.4 Å². The molecule has 1 unspecified atom stereocenters. The molecule has 0 saturated carbocycles. The lowest BCUT2D eigenvalue weighted by Gasteiger charge is -2.13. The van der Waals surface area contributed by atoms with Gasteiger partial charge in [0.15, 0.2) is 0 Å². The highest BCUT2D eigenvalue weighted by molar-refractivity contribution is 5.79. The smallest absolute Gasteiger partial charge is 0.222 e. The molecule has 1 aliphatic heterocycles. The van der Waals surface area contributed by atoms with E-state index >= 15 is 0 Å². The summed E-state index contributed by atoms with van der Waals surface area (Å²) < 4.78 is 0. The number of rotatable bonds is 2. The second kappa shape index (κ2) is 3.65.